The van der Waals surface area contributed by atoms with Crippen LogP contribution in [0.1, 0.15) is 52.1 Å². The molecule has 1 aliphatic heterocycles. The minimum absolute atomic E-state index is 0.171. The molecule has 7 nitrogen and oxygen atoms in total. The van der Waals surface area contributed by atoms with Gasteiger partial charge in [-0.05, 0) is 46.7 Å². The summed E-state index contributed by atoms with van der Waals surface area (Å²) in [5.41, 5.74) is 0.451. The first kappa shape index (κ1) is 19.7. The van der Waals surface area contributed by atoms with Crippen LogP contribution in [-0.4, -0.2) is 47.1 Å². The van der Waals surface area contributed by atoms with Gasteiger partial charge in [-0.2, -0.15) is 0 Å². The molecule has 0 radical (unpaired) electrons. The van der Waals surface area contributed by atoms with E-state index in [9.17, 15) is 9.59 Å². The van der Waals surface area contributed by atoms with Crippen LogP contribution in [0.4, 0.5) is 9.93 Å². The molecule has 0 bridgehead atoms. The molecule has 0 saturated carbocycles. The van der Waals surface area contributed by atoms with Crippen LogP contribution in [0.5, 0.6) is 0 Å². The molecule has 140 valence electrons. The molecule has 1 saturated heterocycles. The largest absolute Gasteiger partial charge is 0.444 e. The maximum atomic E-state index is 11.9. The fraction of sp³-hybridized carbons (Fsp3) is 0.706. The molecular weight excluding hydrogens is 340 g/mol. The van der Waals surface area contributed by atoms with E-state index in [1.807, 2.05) is 5.38 Å². The number of carbonyl (C=O) groups is 2. The fourth-order valence-electron chi connectivity index (χ4n) is 2.56. The van der Waals surface area contributed by atoms with Crippen molar-refractivity contribution < 1.29 is 14.3 Å². The number of hydrogen-bond acceptors (Lipinski definition) is 6. The molecule has 2 amide bonds. The third kappa shape index (κ3) is 7.83. The maximum absolute atomic E-state index is 11.9. The maximum Gasteiger partial charge on any atom is 0.407 e. The Morgan fingerprint density at radius 2 is 2.00 bits per heavy atom. The third-order valence-corrected chi connectivity index (χ3v) is 4.46. The first-order valence-electron chi connectivity index (χ1n) is 8.75. The summed E-state index contributed by atoms with van der Waals surface area (Å²) in [5.74, 6) is -0.171. The zero-order chi connectivity index (χ0) is 18.3. The van der Waals surface area contributed by atoms with Crippen LogP contribution in [0.3, 0.4) is 0 Å². The third-order valence-electron chi connectivity index (χ3n) is 3.65. The molecule has 1 aliphatic rings. The van der Waals surface area contributed by atoms with Gasteiger partial charge in [-0.1, -0.05) is 6.42 Å². The van der Waals surface area contributed by atoms with E-state index in [1.165, 1.54) is 30.6 Å². The quantitative estimate of drug-likeness (QED) is 0.806. The van der Waals surface area contributed by atoms with Gasteiger partial charge in [0.05, 0.1) is 5.69 Å². The average Bonchev–Trinajstić information content (AvgIpc) is 2.93. The number of likely N-dealkylation sites (tertiary alicyclic amines) is 1. The number of aromatic nitrogens is 1. The van der Waals surface area contributed by atoms with Crippen molar-refractivity contribution in [2.75, 3.05) is 25.0 Å². The number of anilines is 1. The van der Waals surface area contributed by atoms with Crippen LogP contribution in [0.25, 0.3) is 0 Å². The van der Waals surface area contributed by atoms with Crippen molar-refractivity contribution in [3.8, 4) is 0 Å². The normalized spacial score (nSPS) is 15.6. The van der Waals surface area contributed by atoms with Gasteiger partial charge in [0.15, 0.2) is 5.13 Å². The van der Waals surface area contributed by atoms with E-state index in [-0.39, 0.29) is 18.9 Å². The van der Waals surface area contributed by atoms with Crippen LogP contribution in [0, 0.1) is 0 Å². The van der Waals surface area contributed by atoms with Gasteiger partial charge in [0.1, 0.15) is 5.60 Å². The van der Waals surface area contributed by atoms with Crippen molar-refractivity contribution >= 4 is 28.5 Å². The first-order chi connectivity index (χ1) is 11.8. The Morgan fingerprint density at radius 3 is 2.68 bits per heavy atom. The lowest BCUT2D eigenvalue weighted by Crippen LogP contribution is -2.34. The Bertz CT molecular complexity index is 577. The summed E-state index contributed by atoms with van der Waals surface area (Å²) in [4.78, 5) is 30.3. The second-order valence-corrected chi connectivity index (χ2v) is 8.07. The molecule has 2 N–H and O–H groups in total. The lowest BCUT2D eigenvalue weighted by Gasteiger charge is -2.25. The van der Waals surface area contributed by atoms with Gasteiger partial charge in [0.25, 0.3) is 0 Å². The van der Waals surface area contributed by atoms with E-state index in [2.05, 4.69) is 20.5 Å². The lowest BCUT2D eigenvalue weighted by atomic mass is 10.1. The number of alkyl carbamates (subject to hydrolysis) is 1. The highest BCUT2D eigenvalue weighted by Crippen LogP contribution is 2.19. The van der Waals surface area contributed by atoms with Crippen LogP contribution in [0.15, 0.2) is 5.38 Å². The minimum Gasteiger partial charge on any atom is -0.444 e. The number of hydrogen-bond donors (Lipinski definition) is 2. The Hall–Kier alpha value is -1.67. The fourth-order valence-corrected chi connectivity index (χ4v) is 3.28. The van der Waals surface area contributed by atoms with Gasteiger partial charge < -0.3 is 15.4 Å². The molecule has 0 aliphatic carbocycles. The number of rotatable bonds is 6. The van der Waals surface area contributed by atoms with Crippen molar-refractivity contribution in [2.45, 2.75) is 58.6 Å². The van der Waals surface area contributed by atoms with Gasteiger partial charge >= 0.3 is 6.09 Å². The number of carbonyl (C=O) groups excluding carboxylic acids is 2. The summed E-state index contributed by atoms with van der Waals surface area (Å²) in [6, 6.07) is 0. The highest BCUT2D eigenvalue weighted by atomic mass is 32.1. The Kier molecular flexibility index (Phi) is 7.19. The Balaban J connectivity index is 1.67. The molecule has 2 heterocycles. The molecule has 1 aromatic rings. The Labute approximate surface area is 153 Å². The highest BCUT2D eigenvalue weighted by Gasteiger charge is 2.16. The summed E-state index contributed by atoms with van der Waals surface area (Å²) < 4.78 is 5.12. The average molecular weight is 369 g/mol. The summed E-state index contributed by atoms with van der Waals surface area (Å²) in [5, 5.41) is 7.94. The standard InChI is InChI=1S/C17H28N4O3S/c1-17(2,3)24-16(23)18-8-7-14(22)20-15-19-13(12-25-15)11-21-9-5-4-6-10-21/h12H,4-11H2,1-3H3,(H,18,23)(H,19,20,22). The van der Waals surface area contributed by atoms with Crippen molar-refractivity contribution in [3.63, 3.8) is 0 Å². The second kappa shape index (κ2) is 9.15. The van der Waals surface area contributed by atoms with E-state index in [0.29, 0.717) is 5.13 Å². The monoisotopic (exact) mass is 368 g/mol. The van der Waals surface area contributed by atoms with Crippen LogP contribution < -0.4 is 10.6 Å². The number of piperidine rings is 1. The van der Waals surface area contributed by atoms with Gasteiger partial charge in [-0.3, -0.25) is 9.69 Å². The molecule has 8 heteroatoms. The summed E-state index contributed by atoms with van der Waals surface area (Å²) in [7, 11) is 0. The van der Waals surface area contributed by atoms with Crippen molar-refractivity contribution in [3.05, 3.63) is 11.1 Å². The van der Waals surface area contributed by atoms with Crippen LogP contribution in [0.2, 0.25) is 0 Å². The van der Waals surface area contributed by atoms with E-state index in [1.54, 1.807) is 20.8 Å². The molecule has 0 atom stereocenters. The molecule has 1 aromatic heterocycles. The van der Waals surface area contributed by atoms with Gasteiger partial charge in [0.2, 0.25) is 5.91 Å². The lowest BCUT2D eigenvalue weighted by molar-refractivity contribution is -0.116. The number of thiazole rings is 1. The minimum atomic E-state index is -0.544. The molecule has 1 fully saturated rings. The van der Waals surface area contributed by atoms with Crippen LogP contribution >= 0.6 is 11.3 Å². The number of amides is 2. The topological polar surface area (TPSA) is 83.6 Å². The Morgan fingerprint density at radius 1 is 1.28 bits per heavy atom. The summed E-state index contributed by atoms with van der Waals surface area (Å²) in [6.07, 6.45) is 3.47. The van der Waals surface area contributed by atoms with Gasteiger partial charge in [-0.25, -0.2) is 9.78 Å². The zero-order valence-corrected chi connectivity index (χ0v) is 16.1. The molecule has 2 rings (SSSR count). The predicted octanol–water partition coefficient (Wildman–Crippen LogP) is 2.98. The summed E-state index contributed by atoms with van der Waals surface area (Å²) in [6.45, 7) is 8.69. The molecular formula is C17H28N4O3S. The number of ether oxygens (including phenoxy) is 1. The SMILES string of the molecule is CC(C)(C)OC(=O)NCCC(=O)Nc1nc(CN2CCCCC2)cs1. The second-order valence-electron chi connectivity index (χ2n) is 7.21. The van der Waals surface area contributed by atoms with E-state index in [0.717, 1.165) is 25.3 Å². The zero-order valence-electron chi connectivity index (χ0n) is 15.3. The first-order valence-corrected chi connectivity index (χ1v) is 9.63. The predicted molar refractivity (Wildman–Crippen MR) is 98.7 cm³/mol. The van der Waals surface area contributed by atoms with Crippen molar-refractivity contribution in [1.82, 2.24) is 15.2 Å². The number of nitrogens with zero attached hydrogens (tertiary/aromatic N) is 2. The number of nitrogens with one attached hydrogen (secondary N) is 2. The van der Waals surface area contributed by atoms with E-state index < -0.39 is 11.7 Å². The van der Waals surface area contributed by atoms with Crippen LogP contribution in [-0.2, 0) is 16.1 Å². The summed E-state index contributed by atoms with van der Waals surface area (Å²) >= 11 is 1.43. The highest BCUT2D eigenvalue weighted by molar-refractivity contribution is 7.13. The van der Waals surface area contributed by atoms with Crippen molar-refractivity contribution in [2.24, 2.45) is 0 Å². The van der Waals surface area contributed by atoms with E-state index in [4.69, 9.17) is 4.74 Å². The molecule has 0 unspecified atom stereocenters. The van der Waals surface area contributed by atoms with Gasteiger partial charge in [-0.15, -0.1) is 11.3 Å². The molecule has 0 aromatic carbocycles. The van der Waals surface area contributed by atoms with Crippen molar-refractivity contribution in [1.29, 1.82) is 0 Å². The molecule has 0 spiro atoms. The van der Waals surface area contributed by atoms with E-state index >= 15 is 0 Å². The molecule has 25 heavy (non-hydrogen) atoms. The van der Waals surface area contributed by atoms with Gasteiger partial charge in [0, 0.05) is 24.9 Å². The smallest absolute Gasteiger partial charge is 0.407 e.